The normalized spacial score (nSPS) is 14.7. The molecule has 0 fully saturated rings. The lowest BCUT2D eigenvalue weighted by Gasteiger charge is -2.05. The molecule has 2 heterocycles. The third-order valence-corrected chi connectivity index (χ3v) is 3.15. The van der Waals surface area contributed by atoms with Crippen LogP contribution in [0.1, 0.15) is 18.3 Å². The van der Waals surface area contributed by atoms with Crippen LogP contribution in [0.2, 0.25) is 0 Å². The minimum Gasteiger partial charge on any atom is -0.454 e. The van der Waals surface area contributed by atoms with E-state index in [9.17, 15) is 0 Å². The molecule has 100 valence electrons. The fourth-order valence-corrected chi connectivity index (χ4v) is 2.24. The summed E-state index contributed by atoms with van der Waals surface area (Å²) >= 11 is 0. The van der Waals surface area contributed by atoms with Crippen LogP contribution < -0.4 is 15.2 Å². The van der Waals surface area contributed by atoms with Gasteiger partial charge in [-0.1, -0.05) is 0 Å². The fraction of sp³-hybridized carbons (Fsp3) is 0.357. The molecule has 3 N–H and O–H groups in total. The highest BCUT2D eigenvalue weighted by Gasteiger charge is 2.17. The summed E-state index contributed by atoms with van der Waals surface area (Å²) < 4.78 is 10.8. The first-order valence-electron chi connectivity index (χ1n) is 6.33. The molecule has 0 bridgehead atoms. The van der Waals surface area contributed by atoms with Gasteiger partial charge >= 0.3 is 0 Å². The van der Waals surface area contributed by atoms with Crippen molar-refractivity contribution in [3.8, 4) is 22.8 Å². The molecule has 0 aliphatic carbocycles. The topological polar surface area (TPSA) is 73.2 Å². The lowest BCUT2D eigenvalue weighted by Crippen LogP contribution is -2.18. The van der Waals surface area contributed by atoms with Crippen molar-refractivity contribution in [3.63, 3.8) is 0 Å². The van der Waals surface area contributed by atoms with Gasteiger partial charge in [0, 0.05) is 18.0 Å². The smallest absolute Gasteiger partial charge is 0.231 e. The zero-order valence-corrected chi connectivity index (χ0v) is 11.1. The van der Waals surface area contributed by atoms with Gasteiger partial charge in [-0.2, -0.15) is 0 Å². The number of nitrogens with zero attached hydrogens (tertiary/aromatic N) is 1. The summed E-state index contributed by atoms with van der Waals surface area (Å²) in [5.41, 5.74) is 8.96. The van der Waals surface area contributed by atoms with Crippen LogP contribution in [-0.2, 0) is 6.42 Å². The number of rotatable bonds is 3. The molecule has 0 amide bonds. The van der Waals surface area contributed by atoms with E-state index in [-0.39, 0.29) is 12.8 Å². The SMILES string of the molecule is Cc1cc2c(cc1-c1cnc(CC(C)N)[nH]1)OCO2. The lowest BCUT2D eigenvalue weighted by atomic mass is 10.1. The first kappa shape index (κ1) is 12.0. The van der Waals surface area contributed by atoms with Gasteiger partial charge in [-0.25, -0.2) is 4.98 Å². The van der Waals surface area contributed by atoms with Crippen molar-refractivity contribution in [2.45, 2.75) is 26.3 Å². The number of hydrogen-bond acceptors (Lipinski definition) is 4. The molecule has 1 aromatic heterocycles. The number of ether oxygens (including phenoxy) is 2. The average Bonchev–Trinajstić information content (AvgIpc) is 2.95. The van der Waals surface area contributed by atoms with Gasteiger partial charge in [0.25, 0.3) is 0 Å². The molecule has 1 aliphatic heterocycles. The molecule has 5 nitrogen and oxygen atoms in total. The standard InChI is InChI=1S/C14H17N3O2/c1-8-3-12-13(19-7-18-12)5-10(8)11-6-16-14(17-11)4-9(2)15/h3,5-6,9H,4,7,15H2,1-2H3,(H,16,17). The second-order valence-electron chi connectivity index (χ2n) is 4.95. The molecule has 0 saturated carbocycles. The number of nitrogens with two attached hydrogens (primary N) is 1. The first-order chi connectivity index (χ1) is 9.13. The Labute approximate surface area is 111 Å². The minimum absolute atomic E-state index is 0.0943. The maximum absolute atomic E-state index is 5.78. The highest BCUT2D eigenvalue weighted by atomic mass is 16.7. The van der Waals surface area contributed by atoms with E-state index in [1.54, 1.807) is 0 Å². The summed E-state index contributed by atoms with van der Waals surface area (Å²) in [6.07, 6.45) is 2.58. The molecule has 1 aliphatic rings. The number of benzene rings is 1. The zero-order chi connectivity index (χ0) is 13.4. The van der Waals surface area contributed by atoms with E-state index in [1.807, 2.05) is 32.2 Å². The molecule has 0 saturated heterocycles. The van der Waals surface area contributed by atoms with Crippen molar-refractivity contribution in [2.24, 2.45) is 5.73 Å². The number of fused-ring (bicyclic) bond motifs is 1. The van der Waals surface area contributed by atoms with Gasteiger partial charge in [0.05, 0.1) is 11.9 Å². The van der Waals surface area contributed by atoms with Crippen LogP contribution >= 0.6 is 0 Å². The third-order valence-electron chi connectivity index (χ3n) is 3.15. The summed E-state index contributed by atoms with van der Waals surface area (Å²) in [7, 11) is 0. The van der Waals surface area contributed by atoms with Crippen LogP contribution in [0, 0.1) is 6.92 Å². The molecule has 3 rings (SSSR count). The Kier molecular flexibility index (Phi) is 2.91. The number of hydrogen-bond donors (Lipinski definition) is 2. The van der Waals surface area contributed by atoms with Gasteiger partial charge in [-0.15, -0.1) is 0 Å². The Balaban J connectivity index is 1.95. The summed E-state index contributed by atoms with van der Waals surface area (Å²) in [5.74, 6) is 2.49. The number of nitrogens with one attached hydrogen (secondary N) is 1. The fourth-order valence-electron chi connectivity index (χ4n) is 2.24. The number of aromatic nitrogens is 2. The Bertz CT molecular complexity index is 605. The Morgan fingerprint density at radius 1 is 1.37 bits per heavy atom. The molecule has 0 spiro atoms. The quantitative estimate of drug-likeness (QED) is 0.884. The molecule has 1 atom stereocenters. The number of H-pyrrole nitrogens is 1. The van der Waals surface area contributed by atoms with Gasteiger partial charge in [0.15, 0.2) is 11.5 Å². The average molecular weight is 259 g/mol. The van der Waals surface area contributed by atoms with Crippen LogP contribution in [0.5, 0.6) is 11.5 Å². The van der Waals surface area contributed by atoms with Crippen molar-refractivity contribution in [3.05, 3.63) is 29.7 Å². The zero-order valence-electron chi connectivity index (χ0n) is 11.1. The maximum Gasteiger partial charge on any atom is 0.231 e. The monoisotopic (exact) mass is 259 g/mol. The van der Waals surface area contributed by atoms with Gasteiger partial charge < -0.3 is 20.2 Å². The molecular weight excluding hydrogens is 242 g/mol. The number of aryl methyl sites for hydroxylation is 1. The summed E-state index contributed by atoms with van der Waals surface area (Å²) in [6, 6.07) is 4.07. The summed E-state index contributed by atoms with van der Waals surface area (Å²) in [6.45, 7) is 4.30. The summed E-state index contributed by atoms with van der Waals surface area (Å²) in [5, 5.41) is 0. The highest BCUT2D eigenvalue weighted by molar-refractivity contribution is 5.68. The van der Waals surface area contributed by atoms with E-state index in [0.29, 0.717) is 0 Å². The van der Waals surface area contributed by atoms with E-state index in [0.717, 1.165) is 40.6 Å². The highest BCUT2D eigenvalue weighted by Crippen LogP contribution is 2.37. The van der Waals surface area contributed by atoms with Crippen LogP contribution in [0.15, 0.2) is 18.3 Å². The van der Waals surface area contributed by atoms with Crippen molar-refractivity contribution in [1.82, 2.24) is 9.97 Å². The van der Waals surface area contributed by atoms with Crippen molar-refractivity contribution in [2.75, 3.05) is 6.79 Å². The Morgan fingerprint density at radius 2 is 2.11 bits per heavy atom. The van der Waals surface area contributed by atoms with Crippen molar-refractivity contribution < 1.29 is 9.47 Å². The molecule has 19 heavy (non-hydrogen) atoms. The third kappa shape index (κ3) is 2.29. The Morgan fingerprint density at radius 3 is 2.84 bits per heavy atom. The maximum atomic E-state index is 5.78. The molecule has 1 unspecified atom stereocenters. The number of imidazole rings is 1. The van der Waals surface area contributed by atoms with E-state index in [1.165, 1.54) is 0 Å². The number of aromatic amines is 1. The second-order valence-corrected chi connectivity index (χ2v) is 4.95. The van der Waals surface area contributed by atoms with Crippen LogP contribution in [0.4, 0.5) is 0 Å². The largest absolute Gasteiger partial charge is 0.454 e. The molecule has 0 radical (unpaired) electrons. The Hall–Kier alpha value is -2.01. The van der Waals surface area contributed by atoms with Gasteiger partial charge in [-0.3, -0.25) is 0 Å². The van der Waals surface area contributed by atoms with Crippen LogP contribution in [-0.4, -0.2) is 22.8 Å². The van der Waals surface area contributed by atoms with Crippen molar-refractivity contribution in [1.29, 1.82) is 0 Å². The second kappa shape index (κ2) is 4.59. The van der Waals surface area contributed by atoms with E-state index < -0.39 is 0 Å². The molecule has 2 aromatic rings. The van der Waals surface area contributed by atoms with Crippen LogP contribution in [0.3, 0.4) is 0 Å². The summed E-state index contributed by atoms with van der Waals surface area (Å²) in [4.78, 5) is 7.67. The van der Waals surface area contributed by atoms with E-state index >= 15 is 0 Å². The predicted molar refractivity (Wildman–Crippen MR) is 72.2 cm³/mol. The predicted octanol–water partition coefficient (Wildman–Crippen LogP) is 2.00. The van der Waals surface area contributed by atoms with Crippen LogP contribution in [0.25, 0.3) is 11.3 Å². The first-order valence-corrected chi connectivity index (χ1v) is 6.33. The van der Waals surface area contributed by atoms with E-state index in [4.69, 9.17) is 15.2 Å². The van der Waals surface area contributed by atoms with E-state index in [2.05, 4.69) is 9.97 Å². The molecule has 1 aromatic carbocycles. The van der Waals surface area contributed by atoms with Gasteiger partial charge in [-0.05, 0) is 31.5 Å². The minimum atomic E-state index is 0.0943. The molecule has 5 heteroatoms. The van der Waals surface area contributed by atoms with Gasteiger partial charge in [0.2, 0.25) is 6.79 Å². The molecular formula is C14H17N3O2. The van der Waals surface area contributed by atoms with Gasteiger partial charge in [0.1, 0.15) is 5.82 Å². The lowest BCUT2D eigenvalue weighted by molar-refractivity contribution is 0.174. The van der Waals surface area contributed by atoms with Crippen molar-refractivity contribution >= 4 is 0 Å².